The predicted molar refractivity (Wildman–Crippen MR) is 95.3 cm³/mol. The molecule has 0 aliphatic carbocycles. The van der Waals surface area contributed by atoms with E-state index in [1.807, 2.05) is 36.2 Å². The number of carbonyl (C=O) groups excluding carboxylic acids is 2. The molecule has 0 bridgehead atoms. The molecule has 1 atom stereocenters. The van der Waals surface area contributed by atoms with Gasteiger partial charge in [0.1, 0.15) is 0 Å². The van der Waals surface area contributed by atoms with Crippen molar-refractivity contribution in [1.82, 2.24) is 10.2 Å². The monoisotopic (exact) mass is 338 g/mol. The van der Waals surface area contributed by atoms with E-state index in [0.717, 1.165) is 32.4 Å². The van der Waals surface area contributed by atoms with Crippen LogP contribution in [0.15, 0.2) is 24.3 Å². The maximum absolute atomic E-state index is 12.2. The van der Waals surface area contributed by atoms with Gasteiger partial charge in [0.25, 0.3) is 0 Å². The van der Waals surface area contributed by atoms with Crippen LogP contribution in [0, 0.1) is 0 Å². The molecule has 1 fully saturated rings. The number of nitrogens with zero attached hydrogens (tertiary/aromatic N) is 1. The first-order chi connectivity index (χ1) is 10.6. The van der Waals surface area contributed by atoms with Crippen molar-refractivity contribution in [2.75, 3.05) is 20.1 Å². The lowest BCUT2D eigenvalue weighted by Crippen LogP contribution is -2.47. The number of hydrogen-bond donors (Lipinski definition) is 1. The molecule has 1 aromatic rings. The van der Waals surface area contributed by atoms with Gasteiger partial charge < -0.3 is 10.2 Å². The fourth-order valence-electron chi connectivity index (χ4n) is 2.89. The molecule has 1 N–H and O–H groups in total. The third kappa shape index (κ3) is 5.63. The number of Topliss-reactive ketones (excluding diaryl/α,β-unsaturated/α-hetero) is 1. The Labute approximate surface area is 145 Å². The number of likely N-dealkylation sites (N-methyl/N-ethyl adjacent to an activating group) is 1. The van der Waals surface area contributed by atoms with Crippen LogP contribution in [0.25, 0.3) is 0 Å². The zero-order valence-corrected chi connectivity index (χ0v) is 14.8. The van der Waals surface area contributed by atoms with Crippen LogP contribution in [0.4, 0.5) is 0 Å². The summed E-state index contributed by atoms with van der Waals surface area (Å²) in [5, 5.41) is 3.23. The van der Waals surface area contributed by atoms with Crippen molar-refractivity contribution in [2.24, 2.45) is 0 Å². The molecular weight excluding hydrogens is 312 g/mol. The van der Waals surface area contributed by atoms with E-state index in [1.165, 1.54) is 5.56 Å². The number of ketones is 1. The summed E-state index contributed by atoms with van der Waals surface area (Å²) < 4.78 is 0. The summed E-state index contributed by atoms with van der Waals surface area (Å²) in [7, 11) is 1.93. The molecule has 1 amide bonds. The third-order valence-electron chi connectivity index (χ3n) is 4.43. The van der Waals surface area contributed by atoms with E-state index in [9.17, 15) is 9.59 Å². The van der Waals surface area contributed by atoms with Crippen LogP contribution < -0.4 is 5.32 Å². The van der Waals surface area contributed by atoms with Gasteiger partial charge in [-0.1, -0.05) is 31.2 Å². The lowest BCUT2D eigenvalue weighted by molar-refractivity contribution is -0.132. The Kier molecular flexibility index (Phi) is 8.28. The highest BCUT2D eigenvalue weighted by atomic mass is 35.5. The smallest absolute Gasteiger partial charge is 0.223 e. The molecule has 128 valence electrons. The van der Waals surface area contributed by atoms with Gasteiger partial charge in [-0.05, 0) is 31.9 Å². The summed E-state index contributed by atoms with van der Waals surface area (Å²) in [6.45, 7) is 3.66. The van der Waals surface area contributed by atoms with Gasteiger partial charge >= 0.3 is 0 Å². The molecule has 4 nitrogen and oxygen atoms in total. The number of carbonyl (C=O) groups is 2. The minimum Gasteiger partial charge on any atom is -0.341 e. The van der Waals surface area contributed by atoms with Crippen molar-refractivity contribution >= 4 is 24.1 Å². The SMILES string of the molecule is CCc1ccc(C(=O)CCC(=O)N2CCCC(NC)C2)cc1.Cl. The molecule has 1 aromatic carbocycles. The van der Waals surface area contributed by atoms with E-state index in [4.69, 9.17) is 0 Å². The minimum absolute atomic E-state index is 0. The molecule has 0 saturated carbocycles. The average Bonchev–Trinajstić information content (AvgIpc) is 2.59. The number of rotatable bonds is 6. The first-order valence-corrected chi connectivity index (χ1v) is 8.21. The van der Waals surface area contributed by atoms with Crippen molar-refractivity contribution < 1.29 is 9.59 Å². The molecular formula is C18H27ClN2O2. The molecule has 0 aromatic heterocycles. The van der Waals surface area contributed by atoms with Gasteiger partial charge in [0.2, 0.25) is 5.91 Å². The zero-order valence-electron chi connectivity index (χ0n) is 14.0. The molecule has 5 heteroatoms. The van der Waals surface area contributed by atoms with E-state index in [1.54, 1.807) is 0 Å². The highest BCUT2D eigenvalue weighted by molar-refractivity contribution is 5.98. The van der Waals surface area contributed by atoms with Gasteiger partial charge in [0.05, 0.1) is 0 Å². The summed E-state index contributed by atoms with van der Waals surface area (Å²) in [6, 6.07) is 8.08. The Morgan fingerprint density at radius 3 is 2.52 bits per heavy atom. The molecule has 1 saturated heterocycles. The molecule has 1 aliphatic rings. The number of halogens is 1. The van der Waals surface area contributed by atoms with Gasteiger partial charge in [-0.15, -0.1) is 12.4 Å². The Morgan fingerprint density at radius 1 is 1.22 bits per heavy atom. The highest BCUT2D eigenvalue weighted by Gasteiger charge is 2.22. The molecule has 23 heavy (non-hydrogen) atoms. The molecule has 1 aliphatic heterocycles. The van der Waals surface area contributed by atoms with Gasteiger partial charge in [0, 0.05) is 37.5 Å². The normalized spacial score (nSPS) is 17.5. The second kappa shape index (κ2) is 9.68. The van der Waals surface area contributed by atoms with Crippen molar-refractivity contribution in [3.8, 4) is 0 Å². The number of hydrogen-bond acceptors (Lipinski definition) is 3. The van der Waals surface area contributed by atoms with Crippen molar-refractivity contribution in [1.29, 1.82) is 0 Å². The summed E-state index contributed by atoms with van der Waals surface area (Å²) in [5.74, 6) is 0.150. The number of likely N-dealkylation sites (tertiary alicyclic amines) is 1. The Balaban J connectivity index is 0.00000264. The summed E-state index contributed by atoms with van der Waals surface area (Å²) in [5.41, 5.74) is 1.93. The quantitative estimate of drug-likeness (QED) is 0.811. The maximum atomic E-state index is 12.2. The van der Waals surface area contributed by atoms with Crippen molar-refractivity contribution in [2.45, 2.75) is 45.1 Å². The van der Waals surface area contributed by atoms with Crippen LogP contribution >= 0.6 is 12.4 Å². The van der Waals surface area contributed by atoms with Crippen LogP contribution in [0.3, 0.4) is 0 Å². The lowest BCUT2D eigenvalue weighted by atomic mass is 10.0. The van der Waals surface area contributed by atoms with Crippen molar-refractivity contribution in [3.05, 3.63) is 35.4 Å². The molecule has 2 rings (SSSR count). The predicted octanol–water partition coefficient (Wildman–Crippen LogP) is 2.84. The molecule has 0 radical (unpaired) electrons. The maximum Gasteiger partial charge on any atom is 0.223 e. The number of piperidine rings is 1. The van der Waals surface area contributed by atoms with E-state index < -0.39 is 0 Å². The van der Waals surface area contributed by atoms with Crippen LogP contribution in [0.1, 0.15) is 48.5 Å². The molecule has 0 spiro atoms. The van der Waals surface area contributed by atoms with E-state index in [-0.39, 0.29) is 24.1 Å². The zero-order chi connectivity index (χ0) is 15.9. The second-order valence-electron chi connectivity index (χ2n) is 5.94. The van der Waals surface area contributed by atoms with Crippen LogP contribution in [0.5, 0.6) is 0 Å². The fraction of sp³-hybridized carbons (Fsp3) is 0.556. The minimum atomic E-state index is 0. The van der Waals surface area contributed by atoms with Crippen LogP contribution in [-0.2, 0) is 11.2 Å². The van der Waals surface area contributed by atoms with E-state index in [2.05, 4.69) is 12.2 Å². The Bertz CT molecular complexity index is 516. The third-order valence-corrected chi connectivity index (χ3v) is 4.43. The number of benzene rings is 1. The number of amides is 1. The van der Waals surface area contributed by atoms with Crippen LogP contribution in [-0.4, -0.2) is 42.8 Å². The summed E-state index contributed by atoms with van der Waals surface area (Å²) in [6.07, 6.45) is 3.72. The molecule has 1 heterocycles. The molecule has 1 unspecified atom stereocenters. The Hall–Kier alpha value is -1.39. The Morgan fingerprint density at radius 2 is 1.91 bits per heavy atom. The van der Waals surface area contributed by atoms with Gasteiger partial charge in [-0.25, -0.2) is 0 Å². The largest absolute Gasteiger partial charge is 0.341 e. The van der Waals surface area contributed by atoms with E-state index in [0.29, 0.717) is 24.4 Å². The number of aryl methyl sites for hydroxylation is 1. The van der Waals surface area contributed by atoms with Crippen molar-refractivity contribution in [3.63, 3.8) is 0 Å². The van der Waals surface area contributed by atoms with Crippen LogP contribution in [0.2, 0.25) is 0 Å². The first kappa shape index (κ1) is 19.7. The lowest BCUT2D eigenvalue weighted by Gasteiger charge is -2.32. The fourth-order valence-corrected chi connectivity index (χ4v) is 2.89. The standard InChI is InChI=1S/C18H26N2O2.ClH/c1-3-14-6-8-15(9-7-14)17(21)10-11-18(22)20-12-4-5-16(13-20)19-2;/h6-9,16,19H,3-5,10-13H2,1-2H3;1H. The topological polar surface area (TPSA) is 49.4 Å². The number of nitrogens with one attached hydrogen (secondary N) is 1. The van der Waals surface area contributed by atoms with E-state index >= 15 is 0 Å². The van der Waals surface area contributed by atoms with Gasteiger partial charge in [0.15, 0.2) is 5.78 Å². The first-order valence-electron chi connectivity index (χ1n) is 8.21. The summed E-state index contributed by atoms with van der Waals surface area (Å²) in [4.78, 5) is 26.3. The van der Waals surface area contributed by atoms with Gasteiger partial charge in [-0.3, -0.25) is 9.59 Å². The highest BCUT2D eigenvalue weighted by Crippen LogP contribution is 2.13. The van der Waals surface area contributed by atoms with Gasteiger partial charge in [-0.2, -0.15) is 0 Å². The summed E-state index contributed by atoms with van der Waals surface area (Å²) >= 11 is 0. The average molecular weight is 339 g/mol. The second-order valence-corrected chi connectivity index (χ2v) is 5.94.